The van der Waals surface area contributed by atoms with Crippen LogP contribution in [0.25, 0.3) is 0 Å². The van der Waals surface area contributed by atoms with Gasteiger partial charge in [0, 0.05) is 24.8 Å². The third-order valence-corrected chi connectivity index (χ3v) is 1.94. The molecular weight excluding hydrogens is 234 g/mol. The molecule has 6 nitrogen and oxygen atoms in total. The molecule has 18 heavy (non-hydrogen) atoms. The van der Waals surface area contributed by atoms with Crippen molar-refractivity contribution in [2.75, 3.05) is 12.4 Å². The smallest absolute Gasteiger partial charge is 0.410 e. The molecule has 0 aromatic heterocycles. The third-order valence-electron chi connectivity index (χ3n) is 1.94. The molecule has 98 valence electrons. The van der Waals surface area contributed by atoms with Crippen molar-refractivity contribution in [1.29, 1.82) is 0 Å². The molecule has 0 aliphatic heterocycles. The topological polar surface area (TPSA) is 79.5 Å². The first-order chi connectivity index (χ1) is 8.51. The van der Waals surface area contributed by atoms with Crippen molar-refractivity contribution in [3.8, 4) is 5.75 Å². The van der Waals surface area contributed by atoms with Gasteiger partial charge in [-0.3, -0.25) is 0 Å². The van der Waals surface area contributed by atoms with E-state index >= 15 is 0 Å². The van der Waals surface area contributed by atoms with Gasteiger partial charge < -0.3 is 20.7 Å². The summed E-state index contributed by atoms with van der Waals surface area (Å²) in [5, 5.41) is 7.62. The molecule has 0 heterocycles. The summed E-state index contributed by atoms with van der Waals surface area (Å²) in [7, 11) is 1.52. The monoisotopic (exact) mass is 251 g/mol. The highest BCUT2D eigenvalue weighted by atomic mass is 16.6. The van der Waals surface area contributed by atoms with Crippen molar-refractivity contribution in [3.05, 3.63) is 24.3 Å². The van der Waals surface area contributed by atoms with Crippen molar-refractivity contribution in [3.63, 3.8) is 0 Å². The maximum atomic E-state index is 11.4. The Morgan fingerprint density at radius 2 is 2.00 bits per heavy atom. The second-order valence-electron chi connectivity index (χ2n) is 3.92. The first-order valence-corrected chi connectivity index (χ1v) is 5.58. The predicted molar refractivity (Wildman–Crippen MR) is 68.8 cm³/mol. The Morgan fingerprint density at radius 1 is 1.28 bits per heavy atom. The lowest BCUT2D eigenvalue weighted by atomic mass is 10.3. The summed E-state index contributed by atoms with van der Waals surface area (Å²) in [5.74, 6) is 0.363. The molecule has 3 amide bonds. The fourth-order valence-corrected chi connectivity index (χ4v) is 1.20. The number of benzene rings is 1. The number of anilines is 1. The van der Waals surface area contributed by atoms with Crippen molar-refractivity contribution >= 4 is 17.8 Å². The zero-order valence-electron chi connectivity index (χ0n) is 10.6. The molecule has 0 aliphatic rings. The Morgan fingerprint density at radius 3 is 2.61 bits per heavy atom. The molecule has 0 atom stereocenters. The summed E-state index contributed by atoms with van der Waals surface area (Å²) in [6.45, 7) is 3.68. The number of amides is 3. The maximum Gasteiger partial charge on any atom is 0.412 e. The molecule has 0 spiro atoms. The van der Waals surface area contributed by atoms with E-state index in [1.807, 2.05) is 13.8 Å². The largest absolute Gasteiger partial charge is 0.412 e. The summed E-state index contributed by atoms with van der Waals surface area (Å²) in [6, 6.07) is 6.25. The lowest BCUT2D eigenvalue weighted by molar-refractivity contribution is 0.198. The SMILES string of the molecule is CNC(=O)Nc1cccc(OC(=O)NC(C)C)c1. The number of carbonyl (C=O) groups is 2. The van der Waals surface area contributed by atoms with E-state index < -0.39 is 6.09 Å². The normalized spacial score (nSPS) is 9.78. The van der Waals surface area contributed by atoms with Crippen molar-refractivity contribution in [2.24, 2.45) is 0 Å². The molecule has 0 saturated heterocycles. The van der Waals surface area contributed by atoms with Crippen LogP contribution in [0.3, 0.4) is 0 Å². The highest BCUT2D eigenvalue weighted by Gasteiger charge is 2.06. The average molecular weight is 251 g/mol. The quantitative estimate of drug-likeness (QED) is 0.768. The van der Waals surface area contributed by atoms with Crippen molar-refractivity contribution in [2.45, 2.75) is 19.9 Å². The van der Waals surface area contributed by atoms with Gasteiger partial charge in [-0.2, -0.15) is 0 Å². The summed E-state index contributed by atoms with van der Waals surface area (Å²) in [4.78, 5) is 22.5. The fourth-order valence-electron chi connectivity index (χ4n) is 1.20. The Hall–Kier alpha value is -2.24. The molecule has 0 bridgehead atoms. The minimum Gasteiger partial charge on any atom is -0.410 e. The van der Waals surface area contributed by atoms with Crippen molar-refractivity contribution in [1.82, 2.24) is 10.6 Å². The van der Waals surface area contributed by atoms with Crippen LogP contribution >= 0.6 is 0 Å². The Kier molecular flexibility index (Phi) is 4.98. The van der Waals surface area contributed by atoms with Crippen LogP contribution in [0, 0.1) is 0 Å². The Labute approximate surface area is 106 Å². The highest BCUT2D eigenvalue weighted by Crippen LogP contribution is 2.17. The molecule has 0 aliphatic carbocycles. The number of hydrogen-bond acceptors (Lipinski definition) is 3. The van der Waals surface area contributed by atoms with Crippen LogP contribution in [0.1, 0.15) is 13.8 Å². The molecule has 1 aromatic carbocycles. The molecule has 0 radical (unpaired) electrons. The van der Waals surface area contributed by atoms with E-state index in [2.05, 4.69) is 16.0 Å². The Bertz CT molecular complexity index is 432. The van der Waals surface area contributed by atoms with Crippen LogP contribution in [-0.2, 0) is 0 Å². The first kappa shape index (κ1) is 13.8. The minimum atomic E-state index is -0.526. The van der Waals surface area contributed by atoms with Gasteiger partial charge in [0.25, 0.3) is 0 Å². The van der Waals surface area contributed by atoms with E-state index in [1.165, 1.54) is 7.05 Å². The number of carbonyl (C=O) groups excluding carboxylic acids is 2. The lowest BCUT2D eigenvalue weighted by Crippen LogP contribution is -2.32. The first-order valence-electron chi connectivity index (χ1n) is 5.58. The summed E-state index contributed by atoms with van der Waals surface area (Å²) in [6.07, 6.45) is -0.526. The van der Waals surface area contributed by atoms with Crippen LogP contribution < -0.4 is 20.7 Å². The van der Waals surface area contributed by atoms with E-state index in [0.29, 0.717) is 11.4 Å². The van der Waals surface area contributed by atoms with E-state index in [1.54, 1.807) is 24.3 Å². The van der Waals surface area contributed by atoms with E-state index in [-0.39, 0.29) is 12.1 Å². The molecule has 0 unspecified atom stereocenters. The summed E-state index contributed by atoms with van der Waals surface area (Å²) in [5.41, 5.74) is 0.546. The molecule has 0 saturated carbocycles. The zero-order valence-corrected chi connectivity index (χ0v) is 10.6. The van der Waals surface area contributed by atoms with Gasteiger partial charge in [-0.05, 0) is 26.0 Å². The lowest BCUT2D eigenvalue weighted by Gasteiger charge is -2.10. The van der Waals surface area contributed by atoms with Gasteiger partial charge >= 0.3 is 12.1 Å². The second kappa shape index (κ2) is 6.48. The van der Waals surface area contributed by atoms with E-state index in [0.717, 1.165) is 0 Å². The molecule has 3 N–H and O–H groups in total. The number of ether oxygens (including phenoxy) is 1. The van der Waals surface area contributed by atoms with Crippen LogP contribution in [0.2, 0.25) is 0 Å². The Balaban J connectivity index is 2.64. The second-order valence-corrected chi connectivity index (χ2v) is 3.92. The van der Waals surface area contributed by atoms with Gasteiger partial charge in [0.2, 0.25) is 0 Å². The summed E-state index contributed by atoms with van der Waals surface area (Å²) >= 11 is 0. The number of nitrogens with one attached hydrogen (secondary N) is 3. The van der Waals surface area contributed by atoms with Gasteiger partial charge in [0.05, 0.1) is 0 Å². The number of rotatable bonds is 3. The molecule has 1 rings (SSSR count). The molecule has 0 fully saturated rings. The van der Waals surface area contributed by atoms with Crippen molar-refractivity contribution < 1.29 is 14.3 Å². The van der Waals surface area contributed by atoms with Gasteiger partial charge in [-0.1, -0.05) is 6.07 Å². The number of hydrogen-bond donors (Lipinski definition) is 3. The fraction of sp³-hybridized carbons (Fsp3) is 0.333. The zero-order chi connectivity index (χ0) is 13.5. The average Bonchev–Trinajstić information content (AvgIpc) is 2.28. The van der Waals surface area contributed by atoms with E-state index in [9.17, 15) is 9.59 Å². The van der Waals surface area contributed by atoms with Crippen LogP contribution in [-0.4, -0.2) is 25.2 Å². The molecule has 1 aromatic rings. The van der Waals surface area contributed by atoms with Gasteiger partial charge in [0.1, 0.15) is 5.75 Å². The predicted octanol–water partition coefficient (Wildman–Crippen LogP) is 1.93. The van der Waals surface area contributed by atoms with Gasteiger partial charge in [-0.15, -0.1) is 0 Å². The summed E-state index contributed by atoms with van der Waals surface area (Å²) < 4.78 is 5.06. The van der Waals surface area contributed by atoms with E-state index in [4.69, 9.17) is 4.74 Å². The van der Waals surface area contributed by atoms with Gasteiger partial charge in [0.15, 0.2) is 0 Å². The van der Waals surface area contributed by atoms with Crippen LogP contribution in [0.15, 0.2) is 24.3 Å². The molecular formula is C12H17N3O3. The minimum absolute atomic E-state index is 0.00433. The standard InChI is InChI=1S/C12H17N3O3/c1-8(2)14-12(17)18-10-6-4-5-9(7-10)15-11(16)13-3/h4-8H,1-3H3,(H,14,17)(H2,13,15,16). The molecule has 6 heteroatoms. The van der Waals surface area contributed by atoms with Crippen LogP contribution in [0.5, 0.6) is 5.75 Å². The maximum absolute atomic E-state index is 11.4. The van der Waals surface area contributed by atoms with Crippen LogP contribution in [0.4, 0.5) is 15.3 Å². The van der Waals surface area contributed by atoms with Gasteiger partial charge in [-0.25, -0.2) is 9.59 Å². The highest BCUT2D eigenvalue weighted by molar-refractivity contribution is 5.89. The third kappa shape index (κ3) is 4.73. The number of urea groups is 1.